The molecule has 3 heterocycles. The van der Waals surface area contributed by atoms with Crippen LogP contribution in [0.5, 0.6) is 0 Å². The summed E-state index contributed by atoms with van der Waals surface area (Å²) in [5.74, 6) is -0.925. The van der Waals surface area contributed by atoms with E-state index in [-0.39, 0.29) is 25.0 Å². The molecule has 27 heavy (non-hydrogen) atoms. The zero-order valence-electron chi connectivity index (χ0n) is 15.8. The second-order valence-corrected chi connectivity index (χ2v) is 6.93. The quantitative estimate of drug-likeness (QED) is 0.861. The van der Waals surface area contributed by atoms with Gasteiger partial charge in [0.05, 0.1) is 24.4 Å². The van der Waals surface area contributed by atoms with Crippen LogP contribution in [0.25, 0.3) is 5.95 Å². The third-order valence-electron chi connectivity index (χ3n) is 4.32. The molecule has 1 saturated heterocycles. The van der Waals surface area contributed by atoms with Crippen molar-refractivity contribution in [2.45, 2.75) is 39.7 Å². The molecule has 1 atom stereocenters. The maximum absolute atomic E-state index is 13.1. The van der Waals surface area contributed by atoms with Crippen molar-refractivity contribution >= 4 is 11.9 Å². The second-order valence-electron chi connectivity index (χ2n) is 6.93. The van der Waals surface area contributed by atoms with Crippen molar-refractivity contribution < 1.29 is 19.4 Å². The lowest BCUT2D eigenvalue weighted by molar-refractivity contribution is -0.154. The smallest absolute Gasteiger partial charge is 0.334 e. The van der Waals surface area contributed by atoms with Gasteiger partial charge in [0.15, 0.2) is 6.10 Å². The Morgan fingerprint density at radius 3 is 2.52 bits per heavy atom. The number of carbonyl (C=O) groups is 2. The van der Waals surface area contributed by atoms with Gasteiger partial charge in [0.25, 0.3) is 11.9 Å². The number of carbonyl (C=O) groups excluding carboxylic acids is 1. The lowest BCUT2D eigenvalue weighted by Gasteiger charge is -2.30. The number of amides is 1. The minimum Gasteiger partial charge on any atom is -0.479 e. The molecule has 144 valence electrons. The van der Waals surface area contributed by atoms with Gasteiger partial charge in [-0.05, 0) is 25.8 Å². The number of hydrogen-bond acceptors (Lipinski definition) is 6. The number of hydrogen-bond donors (Lipinski definition) is 1. The molecule has 2 aromatic heterocycles. The van der Waals surface area contributed by atoms with Gasteiger partial charge in [-0.25, -0.2) is 19.4 Å². The van der Waals surface area contributed by atoms with Gasteiger partial charge in [-0.1, -0.05) is 13.8 Å². The molecular weight excluding hydrogens is 350 g/mol. The Balaban J connectivity index is 1.96. The molecule has 0 spiro atoms. The molecule has 0 aliphatic carbocycles. The molecular formula is C18H23N5O4. The number of aryl methyl sites for hydroxylation is 2. The Morgan fingerprint density at radius 1 is 1.26 bits per heavy atom. The van der Waals surface area contributed by atoms with E-state index >= 15 is 0 Å². The minimum absolute atomic E-state index is 0.00687. The van der Waals surface area contributed by atoms with E-state index in [9.17, 15) is 9.59 Å². The number of morpholine rings is 1. The molecule has 0 saturated carbocycles. The Morgan fingerprint density at radius 2 is 1.93 bits per heavy atom. The molecule has 1 aliphatic rings. The van der Waals surface area contributed by atoms with Crippen LogP contribution in [0.15, 0.2) is 12.3 Å². The largest absolute Gasteiger partial charge is 0.479 e. The maximum atomic E-state index is 13.1. The van der Waals surface area contributed by atoms with Crippen molar-refractivity contribution in [3.05, 3.63) is 34.9 Å². The zero-order chi connectivity index (χ0) is 19.7. The van der Waals surface area contributed by atoms with Gasteiger partial charge in [0, 0.05) is 24.1 Å². The molecule has 3 rings (SSSR count). The number of ether oxygens (including phenoxy) is 1. The van der Waals surface area contributed by atoms with Crippen LogP contribution in [0.3, 0.4) is 0 Å². The van der Waals surface area contributed by atoms with Crippen molar-refractivity contribution in [1.29, 1.82) is 0 Å². The van der Waals surface area contributed by atoms with E-state index in [0.29, 0.717) is 23.8 Å². The van der Waals surface area contributed by atoms with Crippen molar-refractivity contribution in [3.63, 3.8) is 0 Å². The third kappa shape index (κ3) is 3.97. The van der Waals surface area contributed by atoms with Crippen LogP contribution in [-0.2, 0) is 9.53 Å². The molecule has 9 nitrogen and oxygen atoms in total. The highest BCUT2D eigenvalue weighted by Crippen LogP contribution is 2.22. The predicted molar refractivity (Wildman–Crippen MR) is 96.0 cm³/mol. The van der Waals surface area contributed by atoms with Crippen molar-refractivity contribution in [1.82, 2.24) is 24.6 Å². The summed E-state index contributed by atoms with van der Waals surface area (Å²) < 4.78 is 6.71. The Labute approximate surface area is 157 Å². The number of rotatable bonds is 4. The van der Waals surface area contributed by atoms with E-state index in [1.807, 2.05) is 33.8 Å². The summed E-state index contributed by atoms with van der Waals surface area (Å²) in [4.78, 5) is 34.5. The monoisotopic (exact) mass is 373 g/mol. The number of carboxylic acid groups (broad SMARTS) is 1. The molecule has 0 unspecified atom stereocenters. The fourth-order valence-electron chi connectivity index (χ4n) is 3.04. The molecule has 0 radical (unpaired) electrons. The average molecular weight is 373 g/mol. The highest BCUT2D eigenvalue weighted by Gasteiger charge is 2.32. The third-order valence-corrected chi connectivity index (χ3v) is 4.32. The predicted octanol–water partition coefficient (Wildman–Crippen LogP) is 1.33. The maximum Gasteiger partial charge on any atom is 0.334 e. The van der Waals surface area contributed by atoms with Crippen LogP contribution >= 0.6 is 0 Å². The van der Waals surface area contributed by atoms with E-state index in [1.165, 1.54) is 9.58 Å². The molecule has 9 heteroatoms. The fraction of sp³-hybridized carbons (Fsp3) is 0.500. The van der Waals surface area contributed by atoms with E-state index < -0.39 is 12.1 Å². The zero-order valence-corrected chi connectivity index (χ0v) is 15.8. The number of carboxylic acids is 1. The van der Waals surface area contributed by atoms with Crippen LogP contribution in [0, 0.1) is 13.8 Å². The molecule has 1 fully saturated rings. The second kappa shape index (κ2) is 7.43. The van der Waals surface area contributed by atoms with E-state index in [2.05, 4.69) is 15.1 Å². The van der Waals surface area contributed by atoms with Crippen LogP contribution in [0.4, 0.5) is 0 Å². The summed E-state index contributed by atoms with van der Waals surface area (Å²) in [7, 11) is 0. The summed E-state index contributed by atoms with van der Waals surface area (Å²) in [6.07, 6.45) is 0.611. The molecule has 2 aromatic rings. The molecule has 1 amide bonds. The van der Waals surface area contributed by atoms with Gasteiger partial charge in [0.2, 0.25) is 0 Å². The fourth-order valence-corrected chi connectivity index (χ4v) is 3.04. The van der Waals surface area contributed by atoms with Gasteiger partial charge >= 0.3 is 5.97 Å². The lowest BCUT2D eigenvalue weighted by atomic mass is 10.1. The standard InChI is InChI=1S/C18H23N5O4/c1-10(2)15-13(16(24)22-5-6-27-14(9-22)17(25)26)8-23(21-15)18-19-11(3)7-12(4)20-18/h7-8,10,14H,5-6,9H2,1-4H3,(H,25,26)/t14-/m1/s1. The Kier molecular flexibility index (Phi) is 5.22. The number of nitrogens with zero attached hydrogens (tertiary/aromatic N) is 5. The minimum atomic E-state index is -1.07. The summed E-state index contributed by atoms with van der Waals surface area (Å²) in [6, 6.07) is 1.86. The highest BCUT2D eigenvalue weighted by atomic mass is 16.5. The first kappa shape index (κ1) is 19.0. The topological polar surface area (TPSA) is 110 Å². The SMILES string of the molecule is Cc1cc(C)nc(-n2cc(C(=O)N3CCO[C@@H](C(=O)O)C3)c(C(C)C)n2)n1. The molecule has 0 bridgehead atoms. The Bertz CT molecular complexity index is 856. The normalized spacial score (nSPS) is 17.4. The van der Waals surface area contributed by atoms with Crippen molar-refractivity contribution in [2.75, 3.05) is 19.7 Å². The first-order valence-corrected chi connectivity index (χ1v) is 8.82. The van der Waals surface area contributed by atoms with Crippen LogP contribution < -0.4 is 0 Å². The summed E-state index contributed by atoms with van der Waals surface area (Å²) in [6.45, 7) is 8.18. The van der Waals surface area contributed by atoms with Crippen LogP contribution in [0.1, 0.15) is 47.2 Å². The average Bonchev–Trinajstić information content (AvgIpc) is 3.06. The van der Waals surface area contributed by atoms with Gasteiger partial charge in [-0.15, -0.1) is 0 Å². The molecule has 0 aromatic carbocycles. The van der Waals surface area contributed by atoms with Gasteiger partial charge in [0.1, 0.15) is 0 Å². The van der Waals surface area contributed by atoms with E-state index in [4.69, 9.17) is 9.84 Å². The van der Waals surface area contributed by atoms with Gasteiger partial charge < -0.3 is 14.7 Å². The summed E-state index contributed by atoms with van der Waals surface area (Å²) in [5.41, 5.74) is 2.67. The summed E-state index contributed by atoms with van der Waals surface area (Å²) in [5, 5.41) is 13.7. The van der Waals surface area contributed by atoms with Crippen molar-refractivity contribution in [3.8, 4) is 5.95 Å². The van der Waals surface area contributed by atoms with E-state index in [1.54, 1.807) is 6.20 Å². The Hall–Kier alpha value is -2.81. The van der Waals surface area contributed by atoms with Crippen LogP contribution in [-0.4, -0.2) is 67.4 Å². The van der Waals surface area contributed by atoms with Crippen LogP contribution in [0.2, 0.25) is 0 Å². The van der Waals surface area contributed by atoms with E-state index in [0.717, 1.165) is 11.4 Å². The number of aliphatic carboxylic acids is 1. The van der Waals surface area contributed by atoms with Crippen molar-refractivity contribution in [2.24, 2.45) is 0 Å². The lowest BCUT2D eigenvalue weighted by Crippen LogP contribution is -2.48. The molecule has 1 N–H and O–H groups in total. The first-order chi connectivity index (χ1) is 12.8. The molecule has 1 aliphatic heterocycles. The summed E-state index contributed by atoms with van der Waals surface area (Å²) >= 11 is 0. The number of aromatic nitrogens is 4. The van der Waals surface area contributed by atoms with Gasteiger partial charge in [-0.2, -0.15) is 5.10 Å². The highest BCUT2D eigenvalue weighted by molar-refractivity contribution is 5.95. The van der Waals surface area contributed by atoms with Gasteiger partial charge in [-0.3, -0.25) is 4.79 Å². The first-order valence-electron chi connectivity index (χ1n) is 8.82.